The summed E-state index contributed by atoms with van der Waals surface area (Å²) in [7, 11) is 0. The smallest absolute Gasteiger partial charge is 0.0726 e. The Labute approximate surface area is 349 Å². The first-order chi connectivity index (χ1) is 29.8. The Morgan fingerprint density at radius 3 is 1.38 bits per heavy atom. The van der Waals surface area contributed by atoms with E-state index >= 15 is 0 Å². The van der Waals surface area contributed by atoms with Crippen LogP contribution in [0.5, 0.6) is 0 Å². The van der Waals surface area contributed by atoms with Crippen LogP contribution in [0.1, 0.15) is 22.3 Å². The average Bonchev–Trinajstić information content (AvgIpc) is 3.79. The van der Waals surface area contributed by atoms with Crippen molar-refractivity contribution >= 4 is 60.2 Å². The molecule has 1 nitrogen and oxygen atoms in total. The molecule has 0 atom stereocenters. The summed E-state index contributed by atoms with van der Waals surface area (Å²) in [5, 5.41) is 10.0. The number of hydrogen-bond donors (Lipinski definition) is 0. The maximum atomic E-state index is 2.56. The molecule has 2 aliphatic rings. The lowest BCUT2D eigenvalue weighted by atomic mass is 9.70. The molecular weight excluding hydrogens is 723 g/mol. The van der Waals surface area contributed by atoms with Gasteiger partial charge >= 0.3 is 0 Å². The molecular formula is C59H37N. The van der Waals surface area contributed by atoms with E-state index in [1.165, 1.54) is 98.7 Å². The van der Waals surface area contributed by atoms with Crippen LogP contribution in [0.2, 0.25) is 0 Å². The molecule has 0 heterocycles. The summed E-state index contributed by atoms with van der Waals surface area (Å²) in [6.45, 7) is 0. The first kappa shape index (κ1) is 33.3. The third-order valence-corrected chi connectivity index (χ3v) is 13.4. The fourth-order valence-corrected chi connectivity index (χ4v) is 11.0. The Morgan fingerprint density at radius 1 is 0.267 bits per heavy atom. The van der Waals surface area contributed by atoms with Crippen molar-refractivity contribution < 1.29 is 0 Å². The van der Waals surface area contributed by atoms with Gasteiger partial charge in [0.1, 0.15) is 0 Å². The lowest BCUT2D eigenvalue weighted by Gasteiger charge is -2.34. The predicted octanol–water partition coefficient (Wildman–Crippen LogP) is 15.8. The van der Waals surface area contributed by atoms with E-state index in [1.807, 2.05) is 0 Å². The van der Waals surface area contributed by atoms with Crippen molar-refractivity contribution in [3.63, 3.8) is 0 Å². The fraction of sp³-hybridized carbons (Fsp3) is 0.0169. The highest BCUT2D eigenvalue weighted by Gasteiger charge is 2.52. The van der Waals surface area contributed by atoms with Crippen LogP contribution >= 0.6 is 0 Å². The molecule has 0 unspecified atom stereocenters. The molecule has 0 bridgehead atoms. The number of rotatable bonds is 4. The van der Waals surface area contributed by atoms with E-state index in [-0.39, 0.29) is 0 Å². The summed E-state index contributed by atoms with van der Waals surface area (Å²) in [5.74, 6) is 0. The summed E-state index contributed by atoms with van der Waals surface area (Å²) in [6.07, 6.45) is 0. The molecule has 13 rings (SSSR count). The van der Waals surface area contributed by atoms with Gasteiger partial charge in [-0.25, -0.2) is 0 Å². The highest BCUT2D eigenvalue weighted by Crippen LogP contribution is 2.64. The van der Waals surface area contributed by atoms with Gasteiger partial charge in [-0.3, -0.25) is 0 Å². The van der Waals surface area contributed by atoms with E-state index in [0.717, 1.165) is 17.1 Å². The van der Waals surface area contributed by atoms with Gasteiger partial charge in [-0.2, -0.15) is 0 Å². The minimum atomic E-state index is -0.480. The Bertz CT molecular complexity index is 3470. The van der Waals surface area contributed by atoms with Crippen LogP contribution in [0, 0.1) is 0 Å². The van der Waals surface area contributed by atoms with Crippen molar-refractivity contribution in [2.45, 2.75) is 5.41 Å². The molecule has 0 fully saturated rings. The normalized spacial score (nSPS) is 13.1. The van der Waals surface area contributed by atoms with E-state index in [4.69, 9.17) is 0 Å². The Balaban J connectivity index is 1.19. The standard InChI is InChI=1S/C59H37N/c1-2-17-39(18-3-1)50-36-52-49-28-12-15-31-55(49)59(53-29-13-10-26-47(53)48-27-11-14-30-54(48)59)56(52)37-58(50)60(57-32-16-20-38-19-4-5-21-41(38)57)40-33-34-46-44-24-7-6-22-42(44)43-23-8-9-25-45(43)51(46)35-40/h1-37H. The maximum absolute atomic E-state index is 2.56. The number of hydrogen-bond acceptors (Lipinski definition) is 1. The van der Waals surface area contributed by atoms with Crippen LogP contribution in [0.15, 0.2) is 224 Å². The Morgan fingerprint density at radius 2 is 0.750 bits per heavy atom. The minimum Gasteiger partial charge on any atom is -0.309 e. The first-order valence-corrected chi connectivity index (χ1v) is 20.9. The van der Waals surface area contributed by atoms with Crippen molar-refractivity contribution in [2.75, 3.05) is 4.90 Å². The quantitative estimate of drug-likeness (QED) is 0.162. The molecule has 11 aromatic carbocycles. The van der Waals surface area contributed by atoms with Crippen molar-refractivity contribution in [1.29, 1.82) is 0 Å². The number of nitrogens with zero attached hydrogens (tertiary/aromatic N) is 1. The van der Waals surface area contributed by atoms with Gasteiger partial charge in [-0.1, -0.05) is 194 Å². The average molecular weight is 760 g/mol. The van der Waals surface area contributed by atoms with Gasteiger partial charge in [0, 0.05) is 16.6 Å². The molecule has 1 spiro atoms. The van der Waals surface area contributed by atoms with Crippen molar-refractivity contribution in [2.24, 2.45) is 0 Å². The van der Waals surface area contributed by atoms with Gasteiger partial charge in [0.05, 0.1) is 16.8 Å². The van der Waals surface area contributed by atoms with Crippen LogP contribution in [-0.4, -0.2) is 0 Å². The molecule has 0 saturated heterocycles. The zero-order valence-electron chi connectivity index (χ0n) is 32.8. The van der Waals surface area contributed by atoms with Crippen LogP contribution in [0.25, 0.3) is 76.5 Å². The Hall–Kier alpha value is -7.74. The van der Waals surface area contributed by atoms with Gasteiger partial charge in [0.15, 0.2) is 0 Å². The van der Waals surface area contributed by atoms with Gasteiger partial charge in [0.25, 0.3) is 0 Å². The monoisotopic (exact) mass is 759 g/mol. The third-order valence-electron chi connectivity index (χ3n) is 13.4. The zero-order chi connectivity index (χ0) is 39.4. The number of benzene rings is 11. The molecule has 0 amide bonds. The maximum Gasteiger partial charge on any atom is 0.0726 e. The molecule has 2 aliphatic carbocycles. The van der Waals surface area contributed by atoms with E-state index in [2.05, 4.69) is 229 Å². The van der Waals surface area contributed by atoms with Crippen molar-refractivity contribution in [1.82, 2.24) is 0 Å². The van der Waals surface area contributed by atoms with Gasteiger partial charge in [-0.15, -0.1) is 0 Å². The largest absolute Gasteiger partial charge is 0.309 e. The summed E-state index contributed by atoms with van der Waals surface area (Å²) < 4.78 is 0. The van der Waals surface area contributed by atoms with E-state index in [9.17, 15) is 0 Å². The second-order valence-corrected chi connectivity index (χ2v) is 16.3. The van der Waals surface area contributed by atoms with Crippen LogP contribution in [0.3, 0.4) is 0 Å². The summed E-state index contributed by atoms with van der Waals surface area (Å²) in [6, 6.07) is 83.8. The summed E-state index contributed by atoms with van der Waals surface area (Å²) in [5.41, 5.74) is 15.9. The fourth-order valence-electron chi connectivity index (χ4n) is 11.0. The SMILES string of the molecule is c1ccc(-c2cc3c(cc2N(c2ccc4c5ccccc5c5ccccc5c4c2)c2cccc4ccccc24)C2(c4ccccc4-c4ccccc42)c2ccccc2-3)cc1. The first-order valence-electron chi connectivity index (χ1n) is 20.9. The van der Waals surface area contributed by atoms with Crippen molar-refractivity contribution in [3.05, 3.63) is 247 Å². The highest BCUT2D eigenvalue weighted by atomic mass is 15.1. The molecule has 0 radical (unpaired) electrons. The van der Waals surface area contributed by atoms with Gasteiger partial charge < -0.3 is 4.90 Å². The zero-order valence-corrected chi connectivity index (χ0v) is 32.8. The molecule has 0 aliphatic heterocycles. The molecule has 60 heavy (non-hydrogen) atoms. The second kappa shape index (κ2) is 12.6. The number of fused-ring (bicyclic) bond motifs is 17. The van der Waals surface area contributed by atoms with Crippen LogP contribution in [0.4, 0.5) is 17.1 Å². The molecule has 1 heteroatoms. The molecule has 0 saturated carbocycles. The predicted molar refractivity (Wildman–Crippen MR) is 253 cm³/mol. The van der Waals surface area contributed by atoms with E-state index in [1.54, 1.807) is 0 Å². The molecule has 278 valence electrons. The number of anilines is 3. The molecule has 0 aromatic heterocycles. The molecule has 0 N–H and O–H groups in total. The minimum absolute atomic E-state index is 0.480. The lowest BCUT2D eigenvalue weighted by molar-refractivity contribution is 0.794. The summed E-state index contributed by atoms with van der Waals surface area (Å²) in [4.78, 5) is 2.55. The van der Waals surface area contributed by atoms with E-state index in [0.29, 0.717) is 0 Å². The Kier molecular flexibility index (Phi) is 7.00. The van der Waals surface area contributed by atoms with Crippen LogP contribution in [-0.2, 0) is 5.41 Å². The third kappa shape index (κ3) is 4.47. The lowest BCUT2D eigenvalue weighted by Crippen LogP contribution is -2.26. The summed E-state index contributed by atoms with van der Waals surface area (Å²) >= 11 is 0. The second-order valence-electron chi connectivity index (χ2n) is 16.3. The van der Waals surface area contributed by atoms with Gasteiger partial charge in [-0.05, 0) is 118 Å². The topological polar surface area (TPSA) is 3.24 Å². The van der Waals surface area contributed by atoms with E-state index < -0.39 is 5.41 Å². The molecule has 11 aromatic rings. The van der Waals surface area contributed by atoms with Gasteiger partial charge in [0.2, 0.25) is 0 Å². The highest BCUT2D eigenvalue weighted by molar-refractivity contribution is 6.26. The van der Waals surface area contributed by atoms with Crippen molar-refractivity contribution in [3.8, 4) is 33.4 Å². The van der Waals surface area contributed by atoms with Crippen LogP contribution < -0.4 is 4.90 Å².